The number of likely N-dealkylation sites (tertiary alicyclic amines) is 1. The van der Waals surface area contributed by atoms with Crippen LogP contribution >= 0.6 is 0 Å². The molecule has 12 nitrogen and oxygen atoms in total. The molecule has 252 valence electrons. The minimum atomic E-state index is -1.55. The van der Waals surface area contributed by atoms with Crippen LogP contribution in [0.3, 0.4) is 0 Å². The number of nitrogens with zero attached hydrogens (tertiary/aromatic N) is 1. The molecule has 1 N–H and O–H groups in total. The smallest absolute Gasteiger partial charge is 0.348 e. The van der Waals surface area contributed by atoms with Gasteiger partial charge in [-0.3, -0.25) is 14.4 Å². The summed E-state index contributed by atoms with van der Waals surface area (Å²) >= 11 is 0. The highest BCUT2D eigenvalue weighted by molar-refractivity contribution is 5.85. The largest absolute Gasteiger partial charge is 0.493 e. The number of benzene rings is 1. The van der Waals surface area contributed by atoms with E-state index in [9.17, 15) is 24.3 Å². The Morgan fingerprint density at radius 2 is 1.70 bits per heavy atom. The van der Waals surface area contributed by atoms with E-state index in [1.807, 2.05) is 19.2 Å². The second kappa shape index (κ2) is 11.9. The first-order valence-corrected chi connectivity index (χ1v) is 15.7. The maximum absolute atomic E-state index is 13.1. The zero-order valence-electron chi connectivity index (χ0n) is 27.9. The number of hydrogen-bond donors (Lipinski definition) is 1. The van der Waals surface area contributed by atoms with Crippen LogP contribution in [0.25, 0.3) is 0 Å². The van der Waals surface area contributed by atoms with Crippen LogP contribution in [0.4, 0.5) is 0 Å². The lowest BCUT2D eigenvalue weighted by atomic mass is 9.50. The number of aliphatic hydroxyl groups is 1. The van der Waals surface area contributed by atoms with Gasteiger partial charge in [-0.15, -0.1) is 0 Å². The number of esters is 4. The normalized spacial score (nSPS) is 26.9. The van der Waals surface area contributed by atoms with Gasteiger partial charge in [0.15, 0.2) is 17.6 Å². The molecule has 5 rings (SSSR count). The third-order valence-corrected chi connectivity index (χ3v) is 9.04. The van der Waals surface area contributed by atoms with Crippen molar-refractivity contribution in [2.24, 2.45) is 0 Å². The van der Waals surface area contributed by atoms with Gasteiger partial charge in [-0.1, -0.05) is 6.07 Å². The maximum atomic E-state index is 13.1. The molecule has 46 heavy (non-hydrogen) atoms. The van der Waals surface area contributed by atoms with E-state index in [-0.39, 0.29) is 24.6 Å². The van der Waals surface area contributed by atoms with Crippen molar-refractivity contribution in [2.45, 2.75) is 121 Å². The van der Waals surface area contributed by atoms with Gasteiger partial charge in [0.25, 0.3) is 0 Å². The minimum absolute atomic E-state index is 0.152. The Morgan fingerprint density at radius 1 is 1.02 bits per heavy atom. The van der Waals surface area contributed by atoms with E-state index >= 15 is 0 Å². The lowest BCUT2D eigenvalue weighted by Crippen LogP contribution is -2.74. The summed E-state index contributed by atoms with van der Waals surface area (Å²) in [6.45, 7) is 10.7. The Bertz CT molecular complexity index is 1450. The molecule has 0 saturated carbocycles. The number of ether oxygens (including phenoxy) is 6. The van der Waals surface area contributed by atoms with Crippen LogP contribution in [0.2, 0.25) is 0 Å². The zero-order valence-corrected chi connectivity index (χ0v) is 27.9. The number of likely N-dealkylation sites (N-methyl/N-ethyl adjacent to an activating group) is 1. The average Bonchev–Trinajstić information content (AvgIpc) is 3.29. The predicted molar refractivity (Wildman–Crippen MR) is 163 cm³/mol. The highest BCUT2D eigenvalue weighted by Crippen LogP contribution is 2.65. The lowest BCUT2D eigenvalue weighted by molar-refractivity contribution is -0.181. The van der Waals surface area contributed by atoms with Gasteiger partial charge in [-0.05, 0) is 85.7 Å². The summed E-state index contributed by atoms with van der Waals surface area (Å²) in [5.41, 5.74) is -1.71. The fraction of sp³-hybridized carbons (Fsp3) is 0.647. The van der Waals surface area contributed by atoms with Crippen LogP contribution in [-0.4, -0.2) is 89.6 Å². The summed E-state index contributed by atoms with van der Waals surface area (Å²) in [4.78, 5) is 53.3. The van der Waals surface area contributed by atoms with Gasteiger partial charge in [-0.2, -0.15) is 0 Å². The molecule has 1 spiro atoms. The molecule has 1 saturated heterocycles. The second-order valence-corrected chi connectivity index (χ2v) is 14.6. The molecule has 2 bridgehead atoms. The molecular formula is C34H45NO11. The quantitative estimate of drug-likeness (QED) is 0.311. The van der Waals surface area contributed by atoms with Crippen LogP contribution in [0, 0.1) is 0 Å². The first kappa shape index (κ1) is 33.7. The number of hydrogen-bond acceptors (Lipinski definition) is 12. The number of carbonyl (C=O) groups excluding carboxylic acids is 4. The molecule has 2 heterocycles. The fourth-order valence-corrected chi connectivity index (χ4v) is 7.27. The zero-order chi connectivity index (χ0) is 33.8. The molecule has 12 heteroatoms. The molecule has 0 aromatic heterocycles. The first-order chi connectivity index (χ1) is 21.4. The Hall–Kier alpha value is -3.64. The molecule has 4 aliphatic rings. The molecule has 0 amide bonds. The van der Waals surface area contributed by atoms with Crippen molar-refractivity contribution in [2.75, 3.05) is 20.7 Å². The molecule has 1 aromatic rings. The molecule has 0 unspecified atom stereocenters. The van der Waals surface area contributed by atoms with E-state index in [2.05, 4.69) is 4.90 Å². The van der Waals surface area contributed by atoms with Crippen molar-refractivity contribution in [1.82, 2.24) is 4.90 Å². The van der Waals surface area contributed by atoms with Crippen molar-refractivity contribution >= 4 is 23.9 Å². The molecule has 2 aliphatic carbocycles. The summed E-state index contributed by atoms with van der Waals surface area (Å²) in [5, 5.41) is 12.3. The van der Waals surface area contributed by atoms with E-state index in [0.717, 1.165) is 17.7 Å². The summed E-state index contributed by atoms with van der Waals surface area (Å²) in [5.74, 6) is -1.86. The van der Waals surface area contributed by atoms with Crippen molar-refractivity contribution in [1.29, 1.82) is 0 Å². The Labute approximate surface area is 269 Å². The van der Waals surface area contributed by atoms with Crippen molar-refractivity contribution in [3.05, 3.63) is 35.1 Å². The minimum Gasteiger partial charge on any atom is -0.493 e. The van der Waals surface area contributed by atoms with Crippen LogP contribution in [0.5, 0.6) is 11.5 Å². The molecule has 0 radical (unpaired) electrons. The molecule has 1 fully saturated rings. The van der Waals surface area contributed by atoms with Gasteiger partial charge in [0.05, 0.1) is 37.4 Å². The monoisotopic (exact) mass is 643 g/mol. The van der Waals surface area contributed by atoms with E-state index in [4.69, 9.17) is 28.4 Å². The summed E-state index contributed by atoms with van der Waals surface area (Å²) in [6, 6.07) is 3.72. The van der Waals surface area contributed by atoms with Crippen LogP contribution < -0.4 is 9.47 Å². The van der Waals surface area contributed by atoms with Gasteiger partial charge in [0, 0.05) is 18.0 Å². The molecule has 5 atom stereocenters. The Kier molecular flexibility index (Phi) is 8.70. The number of carbonyl (C=O) groups is 4. The van der Waals surface area contributed by atoms with Crippen molar-refractivity contribution < 1.29 is 52.7 Å². The van der Waals surface area contributed by atoms with Crippen molar-refractivity contribution in [3.63, 3.8) is 0 Å². The van der Waals surface area contributed by atoms with Gasteiger partial charge in [0.1, 0.15) is 17.0 Å². The number of piperidine rings is 1. The third-order valence-electron chi connectivity index (χ3n) is 9.04. The second-order valence-electron chi connectivity index (χ2n) is 14.6. The van der Waals surface area contributed by atoms with Gasteiger partial charge in [-0.25, -0.2) is 4.79 Å². The lowest BCUT2D eigenvalue weighted by Gasteiger charge is -2.61. The average molecular weight is 644 g/mol. The van der Waals surface area contributed by atoms with E-state index in [1.165, 1.54) is 0 Å². The van der Waals surface area contributed by atoms with Crippen molar-refractivity contribution in [3.8, 4) is 11.5 Å². The maximum Gasteiger partial charge on any atom is 0.348 e. The summed E-state index contributed by atoms with van der Waals surface area (Å²) in [7, 11) is 3.57. The van der Waals surface area contributed by atoms with Crippen LogP contribution in [-0.2, 0) is 50.0 Å². The highest BCUT2D eigenvalue weighted by atomic mass is 16.6. The molecule has 2 aliphatic heterocycles. The highest BCUT2D eigenvalue weighted by Gasteiger charge is 2.72. The van der Waals surface area contributed by atoms with Crippen LogP contribution in [0.15, 0.2) is 24.0 Å². The van der Waals surface area contributed by atoms with Gasteiger partial charge in [0.2, 0.25) is 6.10 Å². The summed E-state index contributed by atoms with van der Waals surface area (Å²) in [6.07, 6.45) is -0.436. The number of rotatable bonds is 9. The molecular weight excluding hydrogens is 598 g/mol. The van der Waals surface area contributed by atoms with Crippen LogP contribution in [0.1, 0.15) is 84.8 Å². The van der Waals surface area contributed by atoms with E-state index in [0.29, 0.717) is 24.3 Å². The van der Waals surface area contributed by atoms with Gasteiger partial charge < -0.3 is 38.4 Å². The fourth-order valence-electron chi connectivity index (χ4n) is 7.27. The summed E-state index contributed by atoms with van der Waals surface area (Å²) < 4.78 is 33.9. The van der Waals surface area contributed by atoms with E-state index < -0.39 is 71.1 Å². The topological polar surface area (TPSA) is 147 Å². The standard InChI is InChI=1S/C34H45NO11/c1-31(2,3)45-26(38)18-22(30(39)46-32(4,5)6)43-25(37)12-11-24(36)42-21-13-14-34(40)23-17-19-9-10-20(41-8)28-27(19)33(34,29(21)44-28)15-16-35(23)7/h9-10,13,22-23,29,40H,11-12,14-18H2,1-8H3/t22-,23-,29+,33+,34-/m1/s1. The van der Waals surface area contributed by atoms with Gasteiger partial charge >= 0.3 is 23.9 Å². The predicted octanol–water partition coefficient (Wildman–Crippen LogP) is 3.28. The third kappa shape index (κ3) is 6.09. The SMILES string of the molecule is COc1ccc2c3c1O[C@H]1C(OC(=O)CCC(=O)O[C@H](CC(=O)OC(C)(C)C)C(=O)OC(C)(C)C)=CC[C@@]4(O)[C@@H](C2)N(C)CC[C@]314. The Morgan fingerprint density at radius 3 is 2.35 bits per heavy atom. The number of methoxy groups -OCH3 is 1. The first-order valence-electron chi connectivity index (χ1n) is 15.7. The molecule has 1 aromatic carbocycles. The Balaban J connectivity index is 1.28. The van der Waals surface area contributed by atoms with E-state index in [1.54, 1.807) is 54.7 Å².